The Morgan fingerprint density at radius 1 is 1.43 bits per heavy atom. The van der Waals surface area contributed by atoms with Crippen LogP contribution in [0.15, 0.2) is 24.7 Å². The van der Waals surface area contributed by atoms with Crippen molar-refractivity contribution in [3.05, 3.63) is 41.5 Å². The number of ether oxygens (including phenoxy) is 2. The predicted molar refractivity (Wildman–Crippen MR) is 80.5 cm³/mol. The number of nitrogens with zero attached hydrogens (tertiary/aromatic N) is 2. The molecule has 1 aliphatic heterocycles. The molecule has 0 bridgehead atoms. The van der Waals surface area contributed by atoms with Crippen LogP contribution < -0.4 is 14.8 Å². The average molecular weight is 287 g/mol. The average Bonchev–Trinajstić information content (AvgIpc) is 3.02. The summed E-state index contributed by atoms with van der Waals surface area (Å²) < 4.78 is 13.3. The number of nitrogens with one attached hydrogen (secondary N) is 1. The van der Waals surface area contributed by atoms with Gasteiger partial charge in [0.2, 0.25) is 0 Å². The monoisotopic (exact) mass is 287 g/mol. The lowest BCUT2D eigenvalue weighted by Gasteiger charge is -2.12. The Bertz CT molecular complexity index is 636. The molecule has 2 aromatic rings. The molecule has 1 aromatic carbocycles. The lowest BCUT2D eigenvalue weighted by Crippen LogP contribution is -2.15. The summed E-state index contributed by atoms with van der Waals surface area (Å²) in [6.07, 6.45) is 4.89. The summed E-state index contributed by atoms with van der Waals surface area (Å²) in [4.78, 5) is 4.11. The van der Waals surface area contributed by atoms with Gasteiger partial charge in [0.05, 0.1) is 19.1 Å². The molecule has 1 N–H and O–H groups in total. The lowest BCUT2D eigenvalue weighted by molar-refractivity contribution is 0.254. The second-order valence-electron chi connectivity index (χ2n) is 5.50. The number of aromatic nitrogens is 2. The van der Waals surface area contributed by atoms with Gasteiger partial charge in [-0.2, -0.15) is 0 Å². The van der Waals surface area contributed by atoms with Crippen LogP contribution in [0, 0.1) is 0 Å². The molecule has 2 heterocycles. The van der Waals surface area contributed by atoms with Gasteiger partial charge in [0.1, 0.15) is 17.6 Å². The van der Waals surface area contributed by atoms with Crippen molar-refractivity contribution in [2.45, 2.75) is 32.5 Å². The summed E-state index contributed by atoms with van der Waals surface area (Å²) in [7, 11) is 3.71. The third kappa shape index (κ3) is 2.88. The molecule has 0 spiro atoms. The van der Waals surface area contributed by atoms with Crippen molar-refractivity contribution in [3.63, 3.8) is 0 Å². The number of hydrogen-bond acceptors (Lipinski definition) is 4. The summed E-state index contributed by atoms with van der Waals surface area (Å²) in [5.74, 6) is 1.91. The molecule has 1 atom stereocenters. The van der Waals surface area contributed by atoms with Crippen LogP contribution in [0.25, 0.3) is 0 Å². The van der Waals surface area contributed by atoms with E-state index in [0.29, 0.717) is 0 Å². The van der Waals surface area contributed by atoms with Crippen molar-refractivity contribution in [2.75, 3.05) is 7.11 Å². The van der Waals surface area contributed by atoms with Crippen LogP contribution in [0.3, 0.4) is 0 Å². The first kappa shape index (κ1) is 13.9. The molecular formula is C16H21N3O2. The van der Waals surface area contributed by atoms with Crippen LogP contribution in [0.1, 0.15) is 23.7 Å². The Hall–Kier alpha value is -2.01. The van der Waals surface area contributed by atoms with E-state index >= 15 is 0 Å². The molecule has 5 nitrogen and oxygen atoms in total. The highest BCUT2D eigenvalue weighted by atomic mass is 16.5. The van der Waals surface area contributed by atoms with E-state index in [2.05, 4.69) is 29.4 Å². The number of aryl methyl sites for hydroxylation is 1. The SMILES string of the molecule is COc1cc2c(cc1CNCc1cncn1C)OC(C)C2. The molecule has 1 unspecified atom stereocenters. The van der Waals surface area contributed by atoms with Crippen molar-refractivity contribution in [3.8, 4) is 11.5 Å². The van der Waals surface area contributed by atoms with E-state index in [1.165, 1.54) is 5.56 Å². The van der Waals surface area contributed by atoms with Gasteiger partial charge in [-0.1, -0.05) is 0 Å². The third-order valence-electron chi connectivity index (χ3n) is 3.84. The third-order valence-corrected chi connectivity index (χ3v) is 3.84. The summed E-state index contributed by atoms with van der Waals surface area (Å²) in [6.45, 7) is 3.60. The maximum Gasteiger partial charge on any atom is 0.123 e. The molecule has 1 aromatic heterocycles. The number of fused-ring (bicyclic) bond motifs is 1. The summed E-state index contributed by atoms with van der Waals surface area (Å²) in [5, 5.41) is 3.43. The minimum absolute atomic E-state index is 0.252. The van der Waals surface area contributed by atoms with Crippen molar-refractivity contribution in [2.24, 2.45) is 7.05 Å². The Kier molecular flexibility index (Phi) is 3.84. The number of benzene rings is 1. The minimum Gasteiger partial charge on any atom is -0.496 e. The summed E-state index contributed by atoms with van der Waals surface area (Å²) in [6, 6.07) is 4.19. The smallest absolute Gasteiger partial charge is 0.123 e. The molecule has 0 fully saturated rings. The first-order valence-electron chi connectivity index (χ1n) is 7.19. The quantitative estimate of drug-likeness (QED) is 0.914. The van der Waals surface area contributed by atoms with E-state index in [-0.39, 0.29) is 6.10 Å². The van der Waals surface area contributed by atoms with E-state index in [9.17, 15) is 0 Å². The minimum atomic E-state index is 0.252. The van der Waals surface area contributed by atoms with E-state index < -0.39 is 0 Å². The highest BCUT2D eigenvalue weighted by Gasteiger charge is 2.21. The van der Waals surface area contributed by atoms with E-state index in [0.717, 1.165) is 42.3 Å². The molecule has 112 valence electrons. The lowest BCUT2D eigenvalue weighted by atomic mass is 10.1. The highest BCUT2D eigenvalue weighted by Crippen LogP contribution is 2.34. The molecule has 0 radical (unpaired) electrons. The van der Waals surface area contributed by atoms with Crippen molar-refractivity contribution >= 4 is 0 Å². The van der Waals surface area contributed by atoms with Crippen molar-refractivity contribution in [1.29, 1.82) is 0 Å². The van der Waals surface area contributed by atoms with E-state index in [4.69, 9.17) is 9.47 Å². The van der Waals surface area contributed by atoms with Gasteiger partial charge in [0.25, 0.3) is 0 Å². The Morgan fingerprint density at radius 3 is 3.00 bits per heavy atom. The number of imidazole rings is 1. The maximum atomic E-state index is 5.82. The van der Waals surface area contributed by atoms with Gasteiger partial charge >= 0.3 is 0 Å². The van der Waals surface area contributed by atoms with Crippen LogP contribution in [-0.2, 0) is 26.6 Å². The van der Waals surface area contributed by atoms with Crippen LogP contribution in [0.2, 0.25) is 0 Å². The summed E-state index contributed by atoms with van der Waals surface area (Å²) >= 11 is 0. The molecule has 0 amide bonds. The van der Waals surface area contributed by atoms with Gasteiger partial charge in [-0.15, -0.1) is 0 Å². The molecule has 21 heavy (non-hydrogen) atoms. The number of rotatable bonds is 5. The molecule has 1 aliphatic rings. The number of hydrogen-bond donors (Lipinski definition) is 1. The van der Waals surface area contributed by atoms with Gasteiger partial charge in [0, 0.05) is 43.9 Å². The first-order valence-corrected chi connectivity index (χ1v) is 7.19. The molecule has 0 saturated heterocycles. The Morgan fingerprint density at radius 2 is 2.29 bits per heavy atom. The normalized spacial score (nSPS) is 16.6. The fourth-order valence-electron chi connectivity index (χ4n) is 2.69. The molecule has 5 heteroatoms. The fraction of sp³-hybridized carbons (Fsp3) is 0.438. The van der Waals surface area contributed by atoms with Crippen LogP contribution >= 0.6 is 0 Å². The van der Waals surface area contributed by atoms with Gasteiger partial charge in [-0.25, -0.2) is 4.98 Å². The van der Waals surface area contributed by atoms with Gasteiger partial charge < -0.3 is 19.4 Å². The Balaban J connectivity index is 1.70. The molecular weight excluding hydrogens is 266 g/mol. The van der Waals surface area contributed by atoms with E-state index in [1.54, 1.807) is 7.11 Å². The molecule has 3 rings (SSSR count). The first-order chi connectivity index (χ1) is 10.2. The second kappa shape index (κ2) is 5.77. The fourth-order valence-corrected chi connectivity index (χ4v) is 2.69. The maximum absolute atomic E-state index is 5.82. The molecule has 0 aliphatic carbocycles. The van der Waals surface area contributed by atoms with Gasteiger partial charge in [0.15, 0.2) is 0 Å². The zero-order valence-electron chi connectivity index (χ0n) is 12.7. The van der Waals surface area contributed by atoms with Gasteiger partial charge in [-0.05, 0) is 19.1 Å². The highest BCUT2D eigenvalue weighted by molar-refractivity contribution is 5.48. The van der Waals surface area contributed by atoms with Crippen molar-refractivity contribution in [1.82, 2.24) is 14.9 Å². The van der Waals surface area contributed by atoms with Crippen LogP contribution in [0.5, 0.6) is 11.5 Å². The predicted octanol–water partition coefficient (Wildman–Crippen LogP) is 2.04. The van der Waals surface area contributed by atoms with Crippen molar-refractivity contribution < 1.29 is 9.47 Å². The molecule has 0 saturated carbocycles. The zero-order chi connectivity index (χ0) is 14.8. The zero-order valence-corrected chi connectivity index (χ0v) is 12.7. The topological polar surface area (TPSA) is 48.3 Å². The van der Waals surface area contributed by atoms with Crippen LogP contribution in [0.4, 0.5) is 0 Å². The summed E-state index contributed by atoms with van der Waals surface area (Å²) in [5.41, 5.74) is 3.50. The van der Waals surface area contributed by atoms with Crippen LogP contribution in [-0.4, -0.2) is 22.8 Å². The van der Waals surface area contributed by atoms with E-state index in [1.807, 2.05) is 24.1 Å². The largest absolute Gasteiger partial charge is 0.496 e. The standard InChI is InChI=1S/C16H21N3O2/c1-11-4-12-5-15(20-3)13(6-16(12)21-11)7-17-8-14-9-18-10-19(14)2/h5-6,9-11,17H,4,7-8H2,1-3H3. The second-order valence-corrected chi connectivity index (χ2v) is 5.50. The Labute approximate surface area is 124 Å². The van der Waals surface area contributed by atoms with Gasteiger partial charge in [-0.3, -0.25) is 0 Å². The number of methoxy groups -OCH3 is 1.